The molecule has 0 radical (unpaired) electrons. The third-order valence-corrected chi connectivity index (χ3v) is 7.47. The molecule has 3 aromatic carbocycles. The molecular weight excluding hydrogens is 430 g/mol. The van der Waals surface area contributed by atoms with E-state index in [2.05, 4.69) is 100 Å². The molecule has 0 aliphatic carbocycles. The molecule has 0 saturated carbocycles. The predicted molar refractivity (Wildman–Crippen MR) is 144 cm³/mol. The van der Waals surface area contributed by atoms with Gasteiger partial charge in [0.05, 0.1) is 5.69 Å². The van der Waals surface area contributed by atoms with E-state index in [1.807, 2.05) is 6.20 Å². The van der Waals surface area contributed by atoms with Crippen LogP contribution in [-0.2, 0) is 7.05 Å². The minimum absolute atomic E-state index is 0.383. The van der Waals surface area contributed by atoms with Crippen molar-refractivity contribution in [3.63, 3.8) is 0 Å². The number of imidazole rings is 1. The number of nitrogens with one attached hydrogen (secondary N) is 1. The molecule has 35 heavy (non-hydrogen) atoms. The molecule has 4 heterocycles. The molecule has 6 aromatic rings. The van der Waals surface area contributed by atoms with Gasteiger partial charge in [-0.2, -0.15) is 0 Å². The summed E-state index contributed by atoms with van der Waals surface area (Å²) in [5.41, 5.74) is 6.55. The van der Waals surface area contributed by atoms with Crippen molar-refractivity contribution in [3.05, 3.63) is 85.1 Å². The van der Waals surface area contributed by atoms with Gasteiger partial charge in [0, 0.05) is 35.8 Å². The predicted octanol–water partition coefficient (Wildman–Crippen LogP) is 6.33. The van der Waals surface area contributed by atoms with E-state index in [9.17, 15) is 0 Å². The zero-order valence-corrected chi connectivity index (χ0v) is 19.8. The summed E-state index contributed by atoms with van der Waals surface area (Å²) in [6.45, 7) is 2.04. The van der Waals surface area contributed by atoms with Gasteiger partial charge in [0.1, 0.15) is 5.52 Å². The van der Waals surface area contributed by atoms with Gasteiger partial charge in [0.2, 0.25) is 0 Å². The summed E-state index contributed by atoms with van der Waals surface area (Å²) in [7, 11) is 2.14. The lowest BCUT2D eigenvalue weighted by molar-refractivity contribution is 0.376. The Morgan fingerprint density at radius 1 is 0.800 bits per heavy atom. The Morgan fingerprint density at radius 2 is 1.57 bits per heavy atom. The molecule has 1 saturated heterocycles. The fraction of sp³-hybridized carbons (Fsp3) is 0.200. The standard InChI is InChI=1S/C30H27N5/c1-34-27-9-5-4-8-23(27)18-28(34)30-33-26-17-24(22-11-10-20-6-2-3-7-21(20)16-22)19-32-29(26)35(30)25-12-14-31-15-13-25/h2-11,16-19,25,31H,12-15H2,1H3. The summed E-state index contributed by atoms with van der Waals surface area (Å²) in [5.74, 6) is 1.01. The van der Waals surface area contributed by atoms with Gasteiger partial charge in [0.25, 0.3) is 0 Å². The van der Waals surface area contributed by atoms with E-state index in [0.29, 0.717) is 6.04 Å². The number of fused-ring (bicyclic) bond motifs is 3. The summed E-state index contributed by atoms with van der Waals surface area (Å²) < 4.78 is 4.66. The first kappa shape index (κ1) is 20.4. The van der Waals surface area contributed by atoms with Crippen LogP contribution in [0.15, 0.2) is 85.1 Å². The Hall–Kier alpha value is -3.96. The average Bonchev–Trinajstić information content (AvgIpc) is 3.46. The van der Waals surface area contributed by atoms with Gasteiger partial charge >= 0.3 is 0 Å². The monoisotopic (exact) mass is 457 g/mol. The molecule has 0 bridgehead atoms. The first-order valence-corrected chi connectivity index (χ1v) is 12.4. The Labute approximate surface area is 204 Å². The van der Waals surface area contributed by atoms with Crippen LogP contribution in [0.3, 0.4) is 0 Å². The fourth-order valence-electron chi connectivity index (χ4n) is 5.60. The molecule has 0 atom stereocenters. The van der Waals surface area contributed by atoms with Gasteiger partial charge in [-0.05, 0) is 66.5 Å². The van der Waals surface area contributed by atoms with E-state index in [-0.39, 0.29) is 0 Å². The highest BCUT2D eigenvalue weighted by Crippen LogP contribution is 2.35. The lowest BCUT2D eigenvalue weighted by atomic mass is 10.0. The van der Waals surface area contributed by atoms with Crippen LogP contribution in [0.1, 0.15) is 18.9 Å². The third kappa shape index (κ3) is 3.34. The Morgan fingerprint density at radius 3 is 2.40 bits per heavy atom. The van der Waals surface area contributed by atoms with E-state index in [1.165, 1.54) is 27.2 Å². The first-order valence-electron chi connectivity index (χ1n) is 12.4. The molecule has 172 valence electrons. The van der Waals surface area contributed by atoms with Crippen molar-refractivity contribution < 1.29 is 0 Å². The van der Waals surface area contributed by atoms with Crippen molar-refractivity contribution in [2.24, 2.45) is 7.05 Å². The number of hydrogen-bond acceptors (Lipinski definition) is 3. The smallest absolute Gasteiger partial charge is 0.160 e. The number of aromatic nitrogens is 4. The first-order chi connectivity index (χ1) is 17.3. The molecule has 1 fully saturated rings. The number of benzene rings is 3. The van der Waals surface area contributed by atoms with E-state index < -0.39 is 0 Å². The molecule has 0 unspecified atom stereocenters. The van der Waals surface area contributed by atoms with E-state index in [1.54, 1.807) is 0 Å². The topological polar surface area (TPSA) is 47.7 Å². The number of aryl methyl sites for hydroxylation is 1. The highest BCUT2D eigenvalue weighted by molar-refractivity contribution is 5.90. The summed E-state index contributed by atoms with van der Waals surface area (Å²) in [6, 6.07) is 28.5. The van der Waals surface area contributed by atoms with Crippen LogP contribution < -0.4 is 5.32 Å². The largest absolute Gasteiger partial charge is 0.341 e. The van der Waals surface area contributed by atoms with Crippen molar-refractivity contribution in [1.29, 1.82) is 0 Å². The van der Waals surface area contributed by atoms with Crippen molar-refractivity contribution in [2.75, 3.05) is 13.1 Å². The number of pyridine rings is 1. The van der Waals surface area contributed by atoms with Crippen molar-refractivity contribution in [1.82, 2.24) is 24.4 Å². The molecule has 5 heteroatoms. The van der Waals surface area contributed by atoms with Gasteiger partial charge in [-0.25, -0.2) is 9.97 Å². The van der Waals surface area contributed by atoms with Crippen LogP contribution in [0.5, 0.6) is 0 Å². The highest BCUT2D eigenvalue weighted by atomic mass is 15.2. The molecule has 5 nitrogen and oxygen atoms in total. The molecule has 3 aromatic heterocycles. The summed E-state index contributed by atoms with van der Waals surface area (Å²) >= 11 is 0. The van der Waals surface area contributed by atoms with Gasteiger partial charge in [-0.3, -0.25) is 0 Å². The Bertz CT molecular complexity index is 1700. The second-order valence-electron chi connectivity index (χ2n) is 9.56. The second-order valence-corrected chi connectivity index (χ2v) is 9.56. The number of rotatable bonds is 3. The molecule has 1 aliphatic heterocycles. The van der Waals surface area contributed by atoms with E-state index in [4.69, 9.17) is 9.97 Å². The fourth-order valence-corrected chi connectivity index (χ4v) is 5.60. The lowest BCUT2D eigenvalue weighted by Gasteiger charge is -2.26. The minimum Gasteiger partial charge on any atom is -0.341 e. The van der Waals surface area contributed by atoms with Crippen LogP contribution >= 0.6 is 0 Å². The molecule has 0 amide bonds. The van der Waals surface area contributed by atoms with Crippen LogP contribution in [0.2, 0.25) is 0 Å². The van der Waals surface area contributed by atoms with Crippen molar-refractivity contribution in [3.8, 4) is 22.6 Å². The van der Waals surface area contributed by atoms with Crippen LogP contribution in [-0.4, -0.2) is 32.2 Å². The van der Waals surface area contributed by atoms with Crippen LogP contribution in [0, 0.1) is 0 Å². The maximum Gasteiger partial charge on any atom is 0.160 e. The SMILES string of the molecule is Cn1c(-c2nc3cc(-c4ccc5ccccc5c4)cnc3n2C2CCNCC2)cc2ccccc21. The average molecular weight is 458 g/mol. The Kier molecular flexibility index (Phi) is 4.71. The second kappa shape index (κ2) is 8.07. The maximum atomic E-state index is 5.22. The molecule has 0 spiro atoms. The summed E-state index contributed by atoms with van der Waals surface area (Å²) in [4.78, 5) is 10.2. The zero-order valence-electron chi connectivity index (χ0n) is 19.8. The summed E-state index contributed by atoms with van der Waals surface area (Å²) in [5, 5.41) is 7.22. The molecular formula is C30H27N5. The quantitative estimate of drug-likeness (QED) is 0.338. The van der Waals surface area contributed by atoms with E-state index >= 15 is 0 Å². The zero-order chi connectivity index (χ0) is 23.4. The maximum absolute atomic E-state index is 5.22. The van der Waals surface area contributed by atoms with Crippen LogP contribution in [0.25, 0.3) is 55.5 Å². The highest BCUT2D eigenvalue weighted by Gasteiger charge is 2.25. The van der Waals surface area contributed by atoms with Gasteiger partial charge < -0.3 is 14.5 Å². The number of nitrogens with zero attached hydrogens (tertiary/aromatic N) is 4. The van der Waals surface area contributed by atoms with Gasteiger partial charge in [-0.1, -0.05) is 54.6 Å². The van der Waals surface area contributed by atoms with Crippen molar-refractivity contribution in [2.45, 2.75) is 18.9 Å². The lowest BCUT2D eigenvalue weighted by Crippen LogP contribution is -2.29. The van der Waals surface area contributed by atoms with Gasteiger partial charge in [0.15, 0.2) is 11.5 Å². The molecule has 1 aliphatic rings. The summed E-state index contributed by atoms with van der Waals surface area (Å²) in [6.07, 6.45) is 4.17. The molecule has 7 rings (SSSR count). The Balaban J connectivity index is 1.43. The third-order valence-electron chi connectivity index (χ3n) is 7.47. The molecule has 1 N–H and O–H groups in total. The van der Waals surface area contributed by atoms with Gasteiger partial charge in [-0.15, -0.1) is 0 Å². The van der Waals surface area contributed by atoms with Crippen LogP contribution in [0.4, 0.5) is 0 Å². The van der Waals surface area contributed by atoms with E-state index in [0.717, 1.165) is 54.2 Å². The minimum atomic E-state index is 0.383. The van der Waals surface area contributed by atoms with Crippen molar-refractivity contribution >= 4 is 32.8 Å². The number of hydrogen-bond donors (Lipinski definition) is 1. The normalized spacial score (nSPS) is 14.9. The number of para-hydroxylation sites is 1. The number of piperidine rings is 1.